The molecule has 0 saturated carbocycles. The normalized spacial score (nSPS) is 12.6. The molecule has 0 aromatic heterocycles. The molecule has 1 unspecified atom stereocenters. The zero-order valence-electron chi connectivity index (χ0n) is 55.2. The molecule has 0 aromatic carbocycles. The third-order valence-corrected chi connectivity index (χ3v) is 15.9. The number of hydrogen-bond acceptors (Lipinski definition) is 6. The highest BCUT2D eigenvalue weighted by molar-refractivity contribution is 5.71. The van der Waals surface area contributed by atoms with Crippen molar-refractivity contribution in [3.63, 3.8) is 0 Å². The molecular formula is C77H136O6. The van der Waals surface area contributed by atoms with E-state index in [4.69, 9.17) is 14.2 Å². The summed E-state index contributed by atoms with van der Waals surface area (Å²) in [6.07, 6.45) is 94.6. The number of esters is 3. The van der Waals surface area contributed by atoms with E-state index in [-0.39, 0.29) is 31.1 Å². The van der Waals surface area contributed by atoms with Crippen molar-refractivity contribution in [1.82, 2.24) is 0 Å². The summed E-state index contributed by atoms with van der Waals surface area (Å²) >= 11 is 0. The third-order valence-electron chi connectivity index (χ3n) is 15.9. The van der Waals surface area contributed by atoms with Gasteiger partial charge in [-0.05, 0) is 96.3 Å². The first-order valence-electron chi connectivity index (χ1n) is 36.1. The van der Waals surface area contributed by atoms with Gasteiger partial charge in [0.25, 0.3) is 0 Å². The van der Waals surface area contributed by atoms with Crippen LogP contribution in [0, 0.1) is 0 Å². The molecule has 0 spiro atoms. The first kappa shape index (κ1) is 79.6. The molecule has 6 heteroatoms. The lowest BCUT2D eigenvalue weighted by Gasteiger charge is -2.18. The molecule has 0 aliphatic rings. The van der Waals surface area contributed by atoms with Gasteiger partial charge in [-0.1, -0.05) is 337 Å². The van der Waals surface area contributed by atoms with Crippen LogP contribution in [0.2, 0.25) is 0 Å². The summed E-state index contributed by atoms with van der Waals surface area (Å²) in [5.41, 5.74) is 0. The molecule has 0 amide bonds. The molecular weight excluding hydrogens is 1020 g/mol. The van der Waals surface area contributed by atoms with E-state index in [0.29, 0.717) is 19.3 Å². The monoisotopic (exact) mass is 1160 g/mol. The maximum Gasteiger partial charge on any atom is 0.306 e. The van der Waals surface area contributed by atoms with Crippen LogP contribution in [0.15, 0.2) is 85.1 Å². The van der Waals surface area contributed by atoms with Crippen molar-refractivity contribution in [3.05, 3.63) is 85.1 Å². The lowest BCUT2D eigenvalue weighted by molar-refractivity contribution is -0.167. The predicted octanol–water partition coefficient (Wildman–Crippen LogP) is 25.0. The summed E-state index contributed by atoms with van der Waals surface area (Å²) in [6, 6.07) is 0. The predicted molar refractivity (Wildman–Crippen MR) is 362 cm³/mol. The highest BCUT2D eigenvalue weighted by Gasteiger charge is 2.19. The largest absolute Gasteiger partial charge is 0.462 e. The SMILES string of the molecule is CC/C=C\C/C=C\C/C=C\C/C=C\C/C=C\CCCCCCCCCC(=O)OCC(COC(=O)CCCCCCCCCCCCCCCCCCCCCCC)OC(=O)CCCCCCCCCCC/C=C\C/C=C\CCCCCCC. The van der Waals surface area contributed by atoms with E-state index in [1.807, 2.05) is 0 Å². The van der Waals surface area contributed by atoms with Crippen LogP contribution in [0.25, 0.3) is 0 Å². The fourth-order valence-corrected chi connectivity index (χ4v) is 10.5. The van der Waals surface area contributed by atoms with Gasteiger partial charge in [0.2, 0.25) is 0 Å². The number of allylic oxidation sites excluding steroid dienone is 14. The van der Waals surface area contributed by atoms with E-state index in [0.717, 1.165) is 103 Å². The van der Waals surface area contributed by atoms with E-state index >= 15 is 0 Å². The van der Waals surface area contributed by atoms with Crippen LogP contribution in [-0.2, 0) is 28.6 Å². The molecule has 0 rings (SSSR count). The maximum absolute atomic E-state index is 13.0. The van der Waals surface area contributed by atoms with Crippen LogP contribution in [0.4, 0.5) is 0 Å². The van der Waals surface area contributed by atoms with E-state index in [2.05, 4.69) is 106 Å². The maximum atomic E-state index is 13.0. The Labute approximate surface area is 515 Å². The Hall–Kier alpha value is -3.41. The zero-order valence-corrected chi connectivity index (χ0v) is 55.2. The molecule has 0 saturated heterocycles. The highest BCUT2D eigenvalue weighted by atomic mass is 16.6. The summed E-state index contributed by atoms with van der Waals surface area (Å²) < 4.78 is 17.0. The first-order chi connectivity index (χ1) is 41.0. The second-order valence-electron chi connectivity index (χ2n) is 24.1. The number of hydrogen-bond donors (Lipinski definition) is 0. The molecule has 0 N–H and O–H groups in total. The Morgan fingerprint density at radius 3 is 0.735 bits per heavy atom. The van der Waals surface area contributed by atoms with Gasteiger partial charge in [0.1, 0.15) is 13.2 Å². The second-order valence-corrected chi connectivity index (χ2v) is 24.1. The Bertz CT molecular complexity index is 1570. The minimum Gasteiger partial charge on any atom is -0.462 e. The Balaban J connectivity index is 4.38. The number of carbonyl (C=O) groups is 3. The topological polar surface area (TPSA) is 78.9 Å². The smallest absolute Gasteiger partial charge is 0.306 e. The summed E-state index contributed by atoms with van der Waals surface area (Å²) in [6.45, 7) is 6.57. The van der Waals surface area contributed by atoms with Gasteiger partial charge in [0.15, 0.2) is 6.10 Å². The molecule has 6 nitrogen and oxygen atoms in total. The van der Waals surface area contributed by atoms with Gasteiger partial charge in [-0.3, -0.25) is 14.4 Å². The Kier molecular flexibility index (Phi) is 68.2. The molecule has 0 aromatic rings. The van der Waals surface area contributed by atoms with E-state index in [9.17, 15) is 14.4 Å². The lowest BCUT2D eigenvalue weighted by atomic mass is 10.0. The van der Waals surface area contributed by atoms with E-state index < -0.39 is 6.10 Å². The Morgan fingerprint density at radius 1 is 0.253 bits per heavy atom. The molecule has 1 atom stereocenters. The summed E-state index contributed by atoms with van der Waals surface area (Å²) in [4.78, 5) is 38.5. The van der Waals surface area contributed by atoms with Crippen LogP contribution in [0.1, 0.15) is 367 Å². The van der Waals surface area contributed by atoms with Gasteiger partial charge in [-0.25, -0.2) is 0 Å². The summed E-state index contributed by atoms with van der Waals surface area (Å²) in [5, 5.41) is 0. The van der Waals surface area contributed by atoms with Gasteiger partial charge >= 0.3 is 17.9 Å². The number of unbranched alkanes of at least 4 members (excludes halogenated alkanes) is 41. The molecule has 0 radical (unpaired) electrons. The van der Waals surface area contributed by atoms with Gasteiger partial charge < -0.3 is 14.2 Å². The zero-order chi connectivity index (χ0) is 59.9. The van der Waals surface area contributed by atoms with Crippen LogP contribution < -0.4 is 0 Å². The van der Waals surface area contributed by atoms with Crippen LogP contribution in [0.5, 0.6) is 0 Å². The number of rotatable bonds is 66. The second kappa shape index (κ2) is 71.1. The van der Waals surface area contributed by atoms with Crippen molar-refractivity contribution in [2.45, 2.75) is 374 Å². The molecule has 0 aliphatic heterocycles. The van der Waals surface area contributed by atoms with Crippen molar-refractivity contribution in [2.75, 3.05) is 13.2 Å². The molecule has 83 heavy (non-hydrogen) atoms. The minimum atomic E-state index is -0.785. The fourth-order valence-electron chi connectivity index (χ4n) is 10.5. The average molecular weight is 1160 g/mol. The number of ether oxygens (including phenoxy) is 3. The number of carbonyl (C=O) groups excluding carboxylic acids is 3. The van der Waals surface area contributed by atoms with Crippen molar-refractivity contribution >= 4 is 17.9 Å². The van der Waals surface area contributed by atoms with Gasteiger partial charge in [-0.15, -0.1) is 0 Å². The van der Waals surface area contributed by atoms with Gasteiger partial charge in [0.05, 0.1) is 0 Å². The average Bonchev–Trinajstić information content (AvgIpc) is 3.49. The Morgan fingerprint density at radius 2 is 0.470 bits per heavy atom. The molecule has 0 heterocycles. The first-order valence-corrected chi connectivity index (χ1v) is 36.1. The molecule has 0 fully saturated rings. The van der Waals surface area contributed by atoms with E-state index in [1.165, 1.54) is 225 Å². The highest BCUT2D eigenvalue weighted by Crippen LogP contribution is 2.18. The van der Waals surface area contributed by atoms with Crippen LogP contribution >= 0.6 is 0 Å². The van der Waals surface area contributed by atoms with Crippen molar-refractivity contribution < 1.29 is 28.6 Å². The van der Waals surface area contributed by atoms with Crippen LogP contribution in [0.3, 0.4) is 0 Å². The lowest BCUT2D eigenvalue weighted by Crippen LogP contribution is -2.30. The summed E-state index contributed by atoms with van der Waals surface area (Å²) in [5.74, 6) is -0.872. The van der Waals surface area contributed by atoms with Crippen molar-refractivity contribution in [2.24, 2.45) is 0 Å². The van der Waals surface area contributed by atoms with Gasteiger partial charge in [0, 0.05) is 19.3 Å². The quantitative estimate of drug-likeness (QED) is 0.0261. The van der Waals surface area contributed by atoms with Gasteiger partial charge in [-0.2, -0.15) is 0 Å². The van der Waals surface area contributed by atoms with E-state index in [1.54, 1.807) is 0 Å². The molecule has 0 bridgehead atoms. The van der Waals surface area contributed by atoms with Crippen LogP contribution in [-0.4, -0.2) is 37.2 Å². The van der Waals surface area contributed by atoms with Crippen molar-refractivity contribution in [3.8, 4) is 0 Å². The summed E-state index contributed by atoms with van der Waals surface area (Å²) in [7, 11) is 0. The molecule has 0 aliphatic carbocycles. The molecule has 480 valence electrons. The fraction of sp³-hybridized carbons (Fsp3) is 0.779. The standard InChI is InChI=1S/C77H136O6/c1-4-7-10-13-16-19-22-25-28-31-34-37-38-41-43-46-49-52-55-58-61-64-67-70-76(79)82-73-74(83-77(80)71-68-65-62-59-56-53-50-47-44-40-36-33-30-27-24-21-18-15-12-9-6-3)72-81-75(78)69-66-63-60-57-54-51-48-45-42-39-35-32-29-26-23-20-17-14-11-8-5-2/h7,10,16,19,24-25,27-28,33-34,36-37,41,43,74H,4-6,8-9,11-15,17-18,20-23,26,29-32,35,38-40,42,44-73H2,1-3H3/b10-7-,19-16-,27-24-,28-25-,36-33-,37-34-,43-41-. The minimum absolute atomic E-state index is 0.0782. The third kappa shape index (κ3) is 69.3. The van der Waals surface area contributed by atoms with Crippen molar-refractivity contribution in [1.29, 1.82) is 0 Å².